The first-order valence-electron chi connectivity index (χ1n) is 4.95. The van der Waals surface area contributed by atoms with Crippen LogP contribution in [0.3, 0.4) is 0 Å². The molecule has 1 aromatic heterocycles. The van der Waals surface area contributed by atoms with Gasteiger partial charge in [0.1, 0.15) is 0 Å². The second kappa shape index (κ2) is 6.70. The van der Waals surface area contributed by atoms with Crippen LogP contribution < -0.4 is 10.5 Å². The first-order chi connectivity index (χ1) is 7.53. The Morgan fingerprint density at radius 3 is 2.75 bits per heavy atom. The maximum Gasteiger partial charge on any atom is 0.211 e. The minimum absolute atomic E-state index is 0.109. The number of sulfonamides is 1. The molecule has 1 aromatic rings. The Labute approximate surface area is 108 Å². The third-order valence-electron chi connectivity index (χ3n) is 1.94. The Morgan fingerprint density at radius 1 is 1.44 bits per heavy atom. The fraction of sp³-hybridized carbons (Fsp3) is 0.556. The first-order valence-corrected chi connectivity index (χ1v) is 8.21. The average Bonchev–Trinajstić information content (AvgIpc) is 2.61. The highest BCUT2D eigenvalue weighted by Crippen LogP contribution is 2.22. The van der Waals surface area contributed by atoms with Crippen LogP contribution in [0.2, 0.25) is 0 Å². The number of thiophene rings is 1. The van der Waals surface area contributed by atoms with E-state index in [1.54, 1.807) is 11.3 Å². The quantitative estimate of drug-likeness (QED) is 0.793. The molecule has 92 valence electrons. The van der Waals surface area contributed by atoms with Gasteiger partial charge in [-0.2, -0.15) is 0 Å². The summed E-state index contributed by atoms with van der Waals surface area (Å²) in [4.78, 5) is 1.16. The molecule has 0 amide bonds. The molecule has 7 heteroatoms. The largest absolute Gasteiger partial charge is 0.330 e. The fourth-order valence-corrected chi connectivity index (χ4v) is 3.75. The van der Waals surface area contributed by atoms with Gasteiger partial charge in [0.25, 0.3) is 0 Å². The summed E-state index contributed by atoms with van der Waals surface area (Å²) in [5.41, 5.74) is 5.26. The normalized spacial score (nSPS) is 11.9. The van der Waals surface area contributed by atoms with Crippen molar-refractivity contribution >= 4 is 37.3 Å². The van der Waals surface area contributed by atoms with Crippen molar-refractivity contribution in [2.24, 2.45) is 5.73 Å². The summed E-state index contributed by atoms with van der Waals surface area (Å²) in [6.07, 6.45) is 1.22. The van der Waals surface area contributed by atoms with Gasteiger partial charge in [-0.05, 0) is 47.4 Å². The third kappa shape index (κ3) is 5.40. The molecule has 0 aliphatic heterocycles. The number of hydrogen-bond acceptors (Lipinski definition) is 4. The Morgan fingerprint density at radius 2 is 2.19 bits per heavy atom. The smallest absolute Gasteiger partial charge is 0.211 e. The zero-order valence-corrected chi connectivity index (χ0v) is 12.0. The van der Waals surface area contributed by atoms with Gasteiger partial charge in [-0.15, -0.1) is 11.3 Å². The second-order valence-electron chi connectivity index (χ2n) is 3.31. The standard InChI is InChI=1S/C9H15BrN2O2S2/c10-9-3-2-8(15-9)4-6-12-16(13,14)7-1-5-11/h2-3,12H,1,4-7,11H2. The minimum Gasteiger partial charge on any atom is -0.330 e. The maximum absolute atomic E-state index is 11.4. The van der Waals surface area contributed by atoms with Gasteiger partial charge in [-0.1, -0.05) is 0 Å². The van der Waals surface area contributed by atoms with E-state index in [0.29, 0.717) is 19.5 Å². The highest BCUT2D eigenvalue weighted by molar-refractivity contribution is 9.11. The van der Waals surface area contributed by atoms with E-state index in [4.69, 9.17) is 5.73 Å². The van der Waals surface area contributed by atoms with Crippen LogP contribution >= 0.6 is 27.3 Å². The summed E-state index contributed by atoms with van der Waals surface area (Å²) < 4.78 is 26.4. The molecule has 0 aromatic carbocycles. The van der Waals surface area contributed by atoms with Crippen LogP contribution in [0.1, 0.15) is 11.3 Å². The minimum atomic E-state index is -3.14. The summed E-state index contributed by atoms with van der Waals surface area (Å²) in [7, 11) is -3.14. The van der Waals surface area contributed by atoms with Crippen molar-refractivity contribution in [1.29, 1.82) is 0 Å². The van der Waals surface area contributed by atoms with Gasteiger partial charge in [-0.3, -0.25) is 0 Å². The van der Waals surface area contributed by atoms with Crippen LogP contribution in [-0.2, 0) is 16.4 Å². The lowest BCUT2D eigenvalue weighted by molar-refractivity contribution is 0.579. The summed E-state index contributed by atoms with van der Waals surface area (Å²) in [5.74, 6) is 0.109. The fourth-order valence-electron chi connectivity index (χ4n) is 1.16. The lowest BCUT2D eigenvalue weighted by Gasteiger charge is -2.04. The van der Waals surface area contributed by atoms with Gasteiger partial charge in [0.15, 0.2) is 0 Å². The van der Waals surface area contributed by atoms with E-state index >= 15 is 0 Å². The molecule has 0 aliphatic carbocycles. The summed E-state index contributed by atoms with van der Waals surface area (Å²) >= 11 is 4.98. The molecule has 0 aliphatic rings. The lowest BCUT2D eigenvalue weighted by atomic mass is 10.3. The van der Waals surface area contributed by atoms with Gasteiger partial charge < -0.3 is 5.73 Å². The van der Waals surface area contributed by atoms with Gasteiger partial charge >= 0.3 is 0 Å². The molecule has 3 N–H and O–H groups in total. The van der Waals surface area contributed by atoms with Crippen LogP contribution in [0.25, 0.3) is 0 Å². The van der Waals surface area contributed by atoms with E-state index in [1.165, 1.54) is 0 Å². The Bertz CT molecular complexity index is 417. The van der Waals surface area contributed by atoms with Crippen LogP contribution in [0.15, 0.2) is 15.9 Å². The second-order valence-corrected chi connectivity index (χ2v) is 7.79. The molecular formula is C9H15BrN2O2S2. The van der Waals surface area contributed by atoms with Crippen molar-refractivity contribution in [2.75, 3.05) is 18.8 Å². The summed E-state index contributed by atoms with van der Waals surface area (Å²) in [6, 6.07) is 3.95. The van der Waals surface area contributed by atoms with Crippen molar-refractivity contribution in [2.45, 2.75) is 12.8 Å². The predicted octanol–water partition coefficient (Wildman–Crippen LogP) is 1.32. The van der Waals surface area contributed by atoms with E-state index in [1.807, 2.05) is 12.1 Å². The topological polar surface area (TPSA) is 72.2 Å². The third-order valence-corrected chi connectivity index (χ3v) is 5.09. The summed E-state index contributed by atoms with van der Waals surface area (Å²) in [5, 5.41) is 0. The molecule has 0 bridgehead atoms. The molecule has 4 nitrogen and oxygen atoms in total. The number of nitrogens with two attached hydrogens (primary N) is 1. The highest BCUT2D eigenvalue weighted by Gasteiger charge is 2.08. The number of hydrogen-bond donors (Lipinski definition) is 2. The number of nitrogens with one attached hydrogen (secondary N) is 1. The van der Waals surface area contributed by atoms with Crippen molar-refractivity contribution in [1.82, 2.24) is 4.72 Å². The molecule has 0 radical (unpaired) electrons. The first kappa shape index (κ1) is 14.1. The molecule has 0 unspecified atom stereocenters. The van der Waals surface area contributed by atoms with Crippen molar-refractivity contribution in [3.05, 3.63) is 20.8 Å². The lowest BCUT2D eigenvalue weighted by Crippen LogP contribution is -2.29. The monoisotopic (exact) mass is 326 g/mol. The number of rotatable bonds is 7. The SMILES string of the molecule is NCCCS(=O)(=O)NCCc1ccc(Br)s1. The van der Waals surface area contributed by atoms with Crippen LogP contribution in [0.4, 0.5) is 0 Å². The molecule has 0 saturated carbocycles. The van der Waals surface area contributed by atoms with Crippen LogP contribution in [0.5, 0.6) is 0 Å². The average molecular weight is 327 g/mol. The zero-order valence-electron chi connectivity index (χ0n) is 8.78. The molecule has 1 heterocycles. The van der Waals surface area contributed by atoms with E-state index in [9.17, 15) is 8.42 Å². The molecule has 0 atom stereocenters. The van der Waals surface area contributed by atoms with Gasteiger partial charge in [0, 0.05) is 11.4 Å². The van der Waals surface area contributed by atoms with E-state index < -0.39 is 10.0 Å². The molecule has 16 heavy (non-hydrogen) atoms. The van der Waals surface area contributed by atoms with E-state index in [2.05, 4.69) is 20.7 Å². The van der Waals surface area contributed by atoms with Crippen molar-refractivity contribution in [3.63, 3.8) is 0 Å². The van der Waals surface area contributed by atoms with E-state index in [-0.39, 0.29) is 5.75 Å². The summed E-state index contributed by atoms with van der Waals surface area (Å²) in [6.45, 7) is 0.846. The van der Waals surface area contributed by atoms with Crippen LogP contribution in [-0.4, -0.2) is 27.3 Å². The zero-order chi connectivity index (χ0) is 12.0. The predicted molar refractivity (Wildman–Crippen MR) is 71.2 cm³/mol. The Kier molecular flexibility index (Phi) is 5.91. The van der Waals surface area contributed by atoms with Gasteiger partial charge in [-0.25, -0.2) is 13.1 Å². The highest BCUT2D eigenvalue weighted by atomic mass is 79.9. The maximum atomic E-state index is 11.4. The van der Waals surface area contributed by atoms with Crippen LogP contribution in [0, 0.1) is 0 Å². The van der Waals surface area contributed by atoms with Gasteiger partial charge in [0.2, 0.25) is 10.0 Å². The van der Waals surface area contributed by atoms with Gasteiger partial charge in [0.05, 0.1) is 9.54 Å². The molecule has 0 fully saturated rings. The number of halogens is 1. The van der Waals surface area contributed by atoms with Crippen molar-refractivity contribution in [3.8, 4) is 0 Å². The van der Waals surface area contributed by atoms with E-state index in [0.717, 1.165) is 15.1 Å². The molecular weight excluding hydrogens is 312 g/mol. The van der Waals surface area contributed by atoms with Crippen molar-refractivity contribution < 1.29 is 8.42 Å². The Hall–Kier alpha value is 0.0500. The molecule has 1 rings (SSSR count). The Balaban J connectivity index is 2.29. The molecule has 0 spiro atoms. The molecule has 0 saturated heterocycles.